The Balaban J connectivity index is 1.66. The molecule has 4 rings (SSSR count). The number of fused-ring (bicyclic) bond motifs is 1. The number of hydrogen-bond donors (Lipinski definition) is 1. The maximum absolute atomic E-state index is 14.0. The highest BCUT2D eigenvalue weighted by atomic mass is 19.4. The van der Waals surface area contributed by atoms with Crippen molar-refractivity contribution in [2.24, 2.45) is 10.9 Å². The summed E-state index contributed by atoms with van der Waals surface area (Å²) in [6.45, 7) is 5.15. The Labute approximate surface area is 184 Å². The number of hydrogen-bond acceptors (Lipinski definition) is 5. The first-order valence-corrected chi connectivity index (χ1v) is 10.6. The second-order valence-electron chi connectivity index (χ2n) is 8.29. The Morgan fingerprint density at radius 1 is 1.28 bits per heavy atom. The molecule has 172 valence electrons. The highest BCUT2D eigenvalue weighted by Crippen LogP contribution is 2.40. The standard InChI is InChI=1S/C23H26F3N3O3/c1-14-18(22(30)31)12-17-4-3-7-29(21(17)27-14)15(2)16-5-6-20(19(13-16)23(24,25)26)28-8-10-32-11-9-28/h3,5-7,12-13,15,18,21H,4,8-11H2,1-2H3,(H,30,31). The average molecular weight is 449 g/mol. The lowest BCUT2D eigenvalue weighted by Gasteiger charge is -2.40. The minimum absolute atomic E-state index is 0.169. The van der Waals surface area contributed by atoms with E-state index in [9.17, 15) is 23.1 Å². The van der Waals surface area contributed by atoms with Crippen LogP contribution in [0.4, 0.5) is 18.9 Å². The second-order valence-corrected chi connectivity index (χ2v) is 8.29. The number of halogens is 3. The van der Waals surface area contributed by atoms with Gasteiger partial charge in [-0.05, 0) is 49.7 Å². The number of carbonyl (C=O) groups is 1. The minimum Gasteiger partial charge on any atom is -0.481 e. The van der Waals surface area contributed by atoms with Crippen molar-refractivity contribution in [1.29, 1.82) is 0 Å². The van der Waals surface area contributed by atoms with Crippen LogP contribution in [-0.2, 0) is 15.7 Å². The zero-order valence-corrected chi connectivity index (χ0v) is 18.0. The highest BCUT2D eigenvalue weighted by molar-refractivity contribution is 6.03. The van der Waals surface area contributed by atoms with E-state index in [-0.39, 0.29) is 5.69 Å². The summed E-state index contributed by atoms with van der Waals surface area (Å²) in [6.07, 6.45) is 1.10. The third-order valence-corrected chi connectivity index (χ3v) is 6.28. The summed E-state index contributed by atoms with van der Waals surface area (Å²) in [5.74, 6) is -1.73. The Morgan fingerprint density at radius 2 is 2.00 bits per heavy atom. The van der Waals surface area contributed by atoms with E-state index in [0.717, 1.165) is 5.57 Å². The summed E-state index contributed by atoms with van der Waals surface area (Å²) >= 11 is 0. The number of allylic oxidation sites excluding steroid dienone is 1. The lowest BCUT2D eigenvalue weighted by molar-refractivity contribution is -0.138. The Morgan fingerprint density at radius 3 is 2.66 bits per heavy atom. The molecule has 6 nitrogen and oxygen atoms in total. The molecule has 3 atom stereocenters. The predicted octanol–water partition coefficient (Wildman–Crippen LogP) is 4.25. The molecule has 3 aliphatic rings. The van der Waals surface area contributed by atoms with Crippen LogP contribution in [0.15, 0.2) is 47.1 Å². The maximum atomic E-state index is 14.0. The van der Waals surface area contributed by atoms with Gasteiger partial charge in [0.2, 0.25) is 0 Å². The van der Waals surface area contributed by atoms with Crippen LogP contribution >= 0.6 is 0 Å². The van der Waals surface area contributed by atoms with Crippen molar-refractivity contribution >= 4 is 17.4 Å². The number of anilines is 1. The number of dihydropyridines is 1. The van der Waals surface area contributed by atoms with E-state index in [1.54, 1.807) is 30.0 Å². The fourth-order valence-electron chi connectivity index (χ4n) is 4.48. The fraction of sp³-hybridized carbons (Fsp3) is 0.478. The molecule has 0 spiro atoms. The van der Waals surface area contributed by atoms with E-state index in [0.29, 0.717) is 44.0 Å². The van der Waals surface area contributed by atoms with Crippen LogP contribution in [0.2, 0.25) is 0 Å². The van der Waals surface area contributed by atoms with Crippen molar-refractivity contribution in [2.75, 3.05) is 31.2 Å². The number of nitrogens with zero attached hydrogens (tertiary/aromatic N) is 3. The summed E-state index contributed by atoms with van der Waals surface area (Å²) < 4.78 is 47.1. The van der Waals surface area contributed by atoms with Gasteiger partial charge in [-0.15, -0.1) is 0 Å². The number of rotatable bonds is 4. The predicted molar refractivity (Wildman–Crippen MR) is 115 cm³/mol. The largest absolute Gasteiger partial charge is 0.481 e. The van der Waals surface area contributed by atoms with E-state index in [1.807, 2.05) is 24.1 Å². The lowest BCUT2D eigenvalue weighted by atomic mass is 9.91. The normalized spacial score (nSPS) is 24.5. The molecule has 0 amide bonds. The van der Waals surface area contributed by atoms with Crippen LogP contribution in [0.3, 0.4) is 0 Å². The summed E-state index contributed by atoms with van der Waals surface area (Å²) in [5, 5.41) is 9.42. The van der Waals surface area contributed by atoms with Gasteiger partial charge >= 0.3 is 12.1 Å². The van der Waals surface area contributed by atoms with Gasteiger partial charge in [-0.2, -0.15) is 13.2 Å². The molecule has 3 heterocycles. The van der Waals surface area contributed by atoms with Crippen LogP contribution in [0.1, 0.15) is 37.4 Å². The van der Waals surface area contributed by atoms with E-state index in [1.165, 1.54) is 6.07 Å². The minimum atomic E-state index is -4.49. The van der Waals surface area contributed by atoms with Crippen molar-refractivity contribution in [1.82, 2.24) is 4.90 Å². The van der Waals surface area contributed by atoms with Crippen molar-refractivity contribution in [2.45, 2.75) is 38.7 Å². The number of carboxylic acid groups (broad SMARTS) is 1. The molecule has 0 radical (unpaired) electrons. The van der Waals surface area contributed by atoms with Gasteiger partial charge in [0, 0.05) is 24.5 Å². The van der Waals surface area contributed by atoms with Gasteiger partial charge in [-0.25, -0.2) is 0 Å². The lowest BCUT2D eigenvalue weighted by Crippen LogP contribution is -2.40. The quantitative estimate of drug-likeness (QED) is 0.697. The monoisotopic (exact) mass is 449 g/mol. The van der Waals surface area contributed by atoms with Gasteiger partial charge in [-0.3, -0.25) is 9.79 Å². The van der Waals surface area contributed by atoms with E-state index in [2.05, 4.69) is 4.99 Å². The van der Waals surface area contributed by atoms with Gasteiger partial charge in [0.05, 0.1) is 24.8 Å². The zero-order valence-electron chi connectivity index (χ0n) is 18.0. The number of ether oxygens (including phenoxy) is 1. The first kappa shape index (κ1) is 22.4. The fourth-order valence-corrected chi connectivity index (χ4v) is 4.48. The van der Waals surface area contributed by atoms with E-state index >= 15 is 0 Å². The SMILES string of the molecule is CC1=NC2C(=CC1C(=O)O)CC=CN2C(C)c1ccc(N2CCOCC2)c(C(F)(F)F)c1. The van der Waals surface area contributed by atoms with Gasteiger partial charge in [0.15, 0.2) is 0 Å². The summed E-state index contributed by atoms with van der Waals surface area (Å²) in [7, 11) is 0. The van der Waals surface area contributed by atoms with Crippen LogP contribution in [0.25, 0.3) is 0 Å². The maximum Gasteiger partial charge on any atom is 0.418 e. The smallest absolute Gasteiger partial charge is 0.418 e. The summed E-state index contributed by atoms with van der Waals surface area (Å²) in [5.41, 5.74) is 1.36. The molecule has 0 bridgehead atoms. The Kier molecular flexibility index (Phi) is 6.03. The molecule has 0 saturated carbocycles. The third-order valence-electron chi connectivity index (χ3n) is 6.28. The number of aliphatic carboxylic acids is 1. The van der Waals surface area contributed by atoms with Crippen molar-refractivity contribution in [3.63, 3.8) is 0 Å². The van der Waals surface area contributed by atoms with Crippen LogP contribution < -0.4 is 4.90 Å². The van der Waals surface area contributed by atoms with Crippen molar-refractivity contribution < 1.29 is 27.8 Å². The molecule has 3 aliphatic heterocycles. The average Bonchev–Trinajstić information content (AvgIpc) is 2.77. The molecule has 1 fully saturated rings. The number of morpholine rings is 1. The molecule has 3 unspecified atom stereocenters. The summed E-state index contributed by atoms with van der Waals surface area (Å²) in [4.78, 5) is 19.7. The van der Waals surface area contributed by atoms with Gasteiger partial charge in [-0.1, -0.05) is 18.2 Å². The third kappa shape index (κ3) is 4.26. The topological polar surface area (TPSA) is 65.4 Å². The van der Waals surface area contributed by atoms with E-state index in [4.69, 9.17) is 4.74 Å². The molecule has 1 aromatic rings. The van der Waals surface area contributed by atoms with Gasteiger partial charge < -0.3 is 19.6 Å². The van der Waals surface area contributed by atoms with Crippen LogP contribution in [0, 0.1) is 5.92 Å². The number of benzene rings is 1. The first-order valence-electron chi connectivity index (χ1n) is 10.6. The summed E-state index contributed by atoms with van der Waals surface area (Å²) in [6, 6.07) is 4.11. The van der Waals surface area contributed by atoms with Crippen molar-refractivity contribution in [3.05, 3.63) is 53.3 Å². The molecule has 1 aromatic carbocycles. The number of carboxylic acids is 1. The molecule has 9 heteroatoms. The molecular weight excluding hydrogens is 423 g/mol. The highest BCUT2D eigenvalue weighted by Gasteiger charge is 2.37. The zero-order chi connectivity index (χ0) is 23.0. The molecular formula is C23H26F3N3O3. The van der Waals surface area contributed by atoms with Gasteiger partial charge in [0.25, 0.3) is 0 Å². The molecule has 32 heavy (non-hydrogen) atoms. The first-order chi connectivity index (χ1) is 15.2. The number of alkyl halides is 3. The molecule has 0 aliphatic carbocycles. The van der Waals surface area contributed by atoms with Crippen molar-refractivity contribution in [3.8, 4) is 0 Å². The molecule has 0 aromatic heterocycles. The Bertz CT molecular complexity index is 980. The van der Waals surface area contributed by atoms with Crippen LogP contribution in [-0.4, -0.2) is 54.2 Å². The van der Waals surface area contributed by atoms with Crippen LogP contribution in [0.5, 0.6) is 0 Å². The molecule has 1 N–H and O–H groups in total. The molecule has 1 saturated heterocycles. The number of aliphatic imine (C=N–C) groups is 1. The van der Waals surface area contributed by atoms with Gasteiger partial charge in [0.1, 0.15) is 12.1 Å². The Hall–Kier alpha value is -2.81. The second kappa shape index (κ2) is 8.61. The van der Waals surface area contributed by atoms with E-state index < -0.39 is 35.8 Å².